The van der Waals surface area contributed by atoms with Crippen LogP contribution >= 0.6 is 0 Å². The van der Waals surface area contributed by atoms with E-state index >= 15 is 0 Å². The number of amides is 1. The van der Waals surface area contributed by atoms with Crippen molar-refractivity contribution in [3.8, 4) is 5.75 Å². The van der Waals surface area contributed by atoms with Gasteiger partial charge in [0.05, 0.1) is 11.2 Å². The zero-order chi connectivity index (χ0) is 22.7. The normalized spacial score (nSPS) is 14.7. The second kappa shape index (κ2) is 9.53. The van der Waals surface area contributed by atoms with Gasteiger partial charge in [-0.15, -0.1) is 0 Å². The molecule has 0 saturated carbocycles. The van der Waals surface area contributed by atoms with Crippen LogP contribution in [0.3, 0.4) is 0 Å². The van der Waals surface area contributed by atoms with Crippen molar-refractivity contribution >= 4 is 28.4 Å². The van der Waals surface area contributed by atoms with E-state index in [0.29, 0.717) is 17.5 Å². The van der Waals surface area contributed by atoms with Gasteiger partial charge in [0.25, 0.3) is 5.91 Å². The molecule has 32 heavy (non-hydrogen) atoms. The highest BCUT2D eigenvalue weighted by molar-refractivity contribution is 5.95. The predicted molar refractivity (Wildman–Crippen MR) is 129 cm³/mol. The van der Waals surface area contributed by atoms with Crippen LogP contribution in [0.4, 0.5) is 11.6 Å². The number of hydrogen-bond acceptors (Lipinski definition) is 6. The van der Waals surface area contributed by atoms with Crippen LogP contribution in [0.5, 0.6) is 5.75 Å². The fraction of sp³-hybridized carbons (Fsp3) is 0.400. The number of carbonyl (C=O) groups is 1. The van der Waals surface area contributed by atoms with Crippen LogP contribution in [-0.2, 0) is 4.79 Å². The molecular weight excluding hydrogens is 402 g/mol. The van der Waals surface area contributed by atoms with Crippen molar-refractivity contribution in [2.45, 2.75) is 32.7 Å². The number of anilines is 2. The number of aryl methyl sites for hydroxylation is 2. The maximum Gasteiger partial charge on any atom is 0.262 e. The molecule has 0 bridgehead atoms. The summed E-state index contributed by atoms with van der Waals surface area (Å²) in [4.78, 5) is 26.5. The molecule has 1 N–H and O–H groups in total. The molecule has 1 aliphatic heterocycles. The number of rotatable bonds is 6. The van der Waals surface area contributed by atoms with Crippen LogP contribution < -0.4 is 15.0 Å². The highest BCUT2D eigenvalue weighted by atomic mass is 16.5. The van der Waals surface area contributed by atoms with Gasteiger partial charge >= 0.3 is 0 Å². The number of hydrogen-bond donors (Lipinski definition) is 1. The van der Waals surface area contributed by atoms with Gasteiger partial charge in [-0.25, -0.2) is 9.97 Å². The Kier molecular flexibility index (Phi) is 6.55. The fourth-order valence-electron chi connectivity index (χ4n) is 4.05. The van der Waals surface area contributed by atoms with Crippen molar-refractivity contribution in [1.82, 2.24) is 14.9 Å². The van der Waals surface area contributed by atoms with Gasteiger partial charge in [-0.05, 0) is 71.1 Å². The van der Waals surface area contributed by atoms with Gasteiger partial charge in [0.1, 0.15) is 5.75 Å². The molecule has 2 heterocycles. The molecule has 1 fully saturated rings. The molecule has 4 rings (SSSR count). The molecule has 0 radical (unpaired) electrons. The van der Waals surface area contributed by atoms with Crippen LogP contribution in [0.15, 0.2) is 42.5 Å². The largest absolute Gasteiger partial charge is 0.484 e. The van der Waals surface area contributed by atoms with Gasteiger partial charge in [-0.1, -0.05) is 17.7 Å². The molecule has 0 spiro atoms. The highest BCUT2D eigenvalue weighted by Gasteiger charge is 2.22. The topological polar surface area (TPSA) is 70.6 Å². The van der Waals surface area contributed by atoms with Crippen molar-refractivity contribution in [1.29, 1.82) is 0 Å². The van der Waals surface area contributed by atoms with Crippen molar-refractivity contribution in [2.75, 3.05) is 44.0 Å². The number of piperidine rings is 1. The fourth-order valence-corrected chi connectivity index (χ4v) is 4.05. The third kappa shape index (κ3) is 5.16. The Balaban J connectivity index is 1.41. The van der Waals surface area contributed by atoms with Crippen LogP contribution in [0.25, 0.3) is 10.9 Å². The van der Waals surface area contributed by atoms with E-state index in [1.165, 1.54) is 0 Å². The summed E-state index contributed by atoms with van der Waals surface area (Å²) < 4.78 is 5.57. The third-order valence-corrected chi connectivity index (χ3v) is 6.03. The smallest absolute Gasteiger partial charge is 0.262 e. The van der Waals surface area contributed by atoms with Crippen LogP contribution in [-0.4, -0.2) is 60.6 Å². The van der Waals surface area contributed by atoms with E-state index in [0.717, 1.165) is 54.0 Å². The van der Waals surface area contributed by atoms with Gasteiger partial charge in [-0.2, -0.15) is 0 Å². The first-order valence-electron chi connectivity index (χ1n) is 11.1. The van der Waals surface area contributed by atoms with Gasteiger partial charge < -0.3 is 19.9 Å². The van der Waals surface area contributed by atoms with Crippen molar-refractivity contribution in [3.05, 3.63) is 53.7 Å². The lowest BCUT2D eigenvalue weighted by Gasteiger charge is -2.35. The zero-order valence-corrected chi connectivity index (χ0v) is 19.3. The molecule has 168 valence electrons. The number of fused-ring (bicyclic) bond motifs is 1. The standard InChI is InChI=1S/C25H31N5O2/c1-17-5-8-21(9-6-17)32-16-24(31)27-19-7-10-23-22(15-19)18(2)26-25(28-23)30-13-11-20(12-14-30)29(3)4/h5-10,15,20H,11-14,16H2,1-4H3,(H,27,31). The van der Waals surface area contributed by atoms with Gasteiger partial charge in [-0.3, -0.25) is 4.79 Å². The first-order chi connectivity index (χ1) is 15.4. The van der Waals surface area contributed by atoms with Crippen LogP contribution in [0, 0.1) is 13.8 Å². The SMILES string of the molecule is Cc1ccc(OCC(=O)Nc2ccc3nc(N4CCC(N(C)C)CC4)nc(C)c3c2)cc1. The summed E-state index contributed by atoms with van der Waals surface area (Å²) in [6.07, 6.45) is 2.23. The summed E-state index contributed by atoms with van der Waals surface area (Å²) in [6.45, 7) is 5.88. The Morgan fingerprint density at radius 3 is 2.50 bits per heavy atom. The summed E-state index contributed by atoms with van der Waals surface area (Å²) in [7, 11) is 4.28. The average molecular weight is 434 g/mol. The average Bonchev–Trinajstić information content (AvgIpc) is 2.79. The van der Waals surface area contributed by atoms with Crippen molar-refractivity contribution in [2.24, 2.45) is 0 Å². The third-order valence-electron chi connectivity index (χ3n) is 6.03. The molecule has 0 unspecified atom stereocenters. The van der Waals surface area contributed by atoms with E-state index < -0.39 is 0 Å². The van der Waals surface area contributed by atoms with E-state index in [1.807, 2.05) is 56.3 Å². The van der Waals surface area contributed by atoms with Crippen molar-refractivity contribution < 1.29 is 9.53 Å². The molecule has 1 saturated heterocycles. The Bertz CT molecular complexity index is 1090. The number of aromatic nitrogens is 2. The van der Waals surface area contributed by atoms with E-state index in [9.17, 15) is 4.79 Å². The second-order valence-electron chi connectivity index (χ2n) is 8.67. The Labute approximate surface area is 189 Å². The minimum Gasteiger partial charge on any atom is -0.484 e. The van der Waals surface area contributed by atoms with Gasteiger partial charge in [0, 0.05) is 30.2 Å². The van der Waals surface area contributed by atoms with Crippen LogP contribution in [0.2, 0.25) is 0 Å². The monoisotopic (exact) mass is 433 g/mol. The number of ether oxygens (including phenoxy) is 1. The number of nitrogens with zero attached hydrogens (tertiary/aromatic N) is 4. The summed E-state index contributed by atoms with van der Waals surface area (Å²) in [5, 5.41) is 3.84. The number of nitrogens with one attached hydrogen (secondary N) is 1. The molecule has 1 amide bonds. The first kappa shape index (κ1) is 22.0. The summed E-state index contributed by atoms with van der Waals surface area (Å²) >= 11 is 0. The molecule has 3 aromatic rings. The number of benzene rings is 2. The summed E-state index contributed by atoms with van der Waals surface area (Å²) in [5.74, 6) is 1.26. The molecule has 1 aromatic heterocycles. The molecule has 0 aliphatic carbocycles. The minimum atomic E-state index is -0.205. The molecule has 1 aliphatic rings. The lowest BCUT2D eigenvalue weighted by Crippen LogP contribution is -2.42. The lowest BCUT2D eigenvalue weighted by atomic mass is 10.0. The Hall–Kier alpha value is -3.19. The van der Waals surface area contributed by atoms with Crippen molar-refractivity contribution in [3.63, 3.8) is 0 Å². The first-order valence-corrected chi connectivity index (χ1v) is 11.1. The Morgan fingerprint density at radius 1 is 1.09 bits per heavy atom. The zero-order valence-electron chi connectivity index (χ0n) is 19.3. The van der Waals surface area contributed by atoms with Gasteiger partial charge in [0.15, 0.2) is 6.61 Å². The van der Waals surface area contributed by atoms with Gasteiger partial charge in [0.2, 0.25) is 5.95 Å². The molecule has 2 aromatic carbocycles. The minimum absolute atomic E-state index is 0.0432. The quantitative estimate of drug-likeness (QED) is 0.638. The van der Waals surface area contributed by atoms with Crippen LogP contribution in [0.1, 0.15) is 24.1 Å². The van der Waals surface area contributed by atoms with E-state index in [2.05, 4.69) is 29.2 Å². The number of carbonyl (C=O) groups excluding carboxylic acids is 1. The molecule has 0 atom stereocenters. The predicted octanol–water partition coefficient (Wildman–Crippen LogP) is 3.79. The summed E-state index contributed by atoms with van der Waals surface area (Å²) in [6, 6.07) is 14.0. The second-order valence-corrected chi connectivity index (χ2v) is 8.67. The Morgan fingerprint density at radius 2 is 1.81 bits per heavy atom. The summed E-state index contributed by atoms with van der Waals surface area (Å²) in [5.41, 5.74) is 3.65. The molecular formula is C25H31N5O2. The molecule has 7 heteroatoms. The molecule has 7 nitrogen and oxygen atoms in total. The van der Waals surface area contributed by atoms with E-state index in [1.54, 1.807) is 0 Å². The lowest BCUT2D eigenvalue weighted by molar-refractivity contribution is -0.118. The maximum absolute atomic E-state index is 12.3. The van der Waals surface area contributed by atoms with E-state index in [-0.39, 0.29) is 12.5 Å². The van der Waals surface area contributed by atoms with E-state index in [4.69, 9.17) is 14.7 Å². The highest BCUT2D eigenvalue weighted by Crippen LogP contribution is 2.25. The maximum atomic E-state index is 12.3.